The van der Waals surface area contributed by atoms with Crippen LogP contribution in [-0.2, 0) is 0 Å². The van der Waals surface area contributed by atoms with Gasteiger partial charge < -0.3 is 9.51 Å². The Labute approximate surface area is 125 Å². The molecule has 0 aliphatic carbocycles. The summed E-state index contributed by atoms with van der Waals surface area (Å²) in [6, 6.07) is 11.4. The lowest BCUT2D eigenvalue weighted by molar-refractivity contribution is 0.0696. The zero-order valence-corrected chi connectivity index (χ0v) is 11.5. The van der Waals surface area contributed by atoms with E-state index in [4.69, 9.17) is 0 Å². The normalized spacial score (nSPS) is 11.1. The minimum atomic E-state index is -0.968. The molecule has 0 amide bonds. The molecule has 0 saturated carbocycles. The molecule has 1 N–H and O–H groups in total. The highest BCUT2D eigenvalue weighted by molar-refractivity contribution is 5.99. The molecule has 0 bridgehead atoms. The molecule has 22 heavy (non-hydrogen) atoms. The van der Waals surface area contributed by atoms with Gasteiger partial charge in [0.25, 0.3) is 0 Å². The summed E-state index contributed by atoms with van der Waals surface area (Å²) >= 11 is 0. The maximum atomic E-state index is 11.4. The first-order valence-corrected chi connectivity index (χ1v) is 6.78. The third kappa shape index (κ3) is 1.83. The second-order valence-corrected chi connectivity index (χ2v) is 4.99. The van der Waals surface area contributed by atoms with Gasteiger partial charge in [-0.15, -0.1) is 0 Å². The Hall–Kier alpha value is -3.21. The van der Waals surface area contributed by atoms with Crippen LogP contribution in [0.2, 0.25) is 0 Å². The summed E-state index contributed by atoms with van der Waals surface area (Å²) in [5, 5.41) is 10.3. The number of hydrogen-bond acceptors (Lipinski definition) is 3. The molecule has 0 atom stereocenters. The van der Waals surface area contributed by atoms with Crippen molar-refractivity contribution in [2.45, 2.75) is 0 Å². The SMILES string of the molecule is O=C(O)c1cc(-c2cccc3cccnc23)c2nccn2c1. The number of aromatic nitrogens is 3. The first-order valence-electron chi connectivity index (χ1n) is 6.78. The van der Waals surface area contributed by atoms with Crippen LogP contribution in [0, 0.1) is 0 Å². The van der Waals surface area contributed by atoms with Crippen molar-refractivity contribution in [3.8, 4) is 11.1 Å². The third-order valence-electron chi connectivity index (χ3n) is 3.66. The molecule has 5 heteroatoms. The molecule has 0 aliphatic heterocycles. The molecule has 1 aromatic carbocycles. The van der Waals surface area contributed by atoms with Crippen LogP contribution in [0.25, 0.3) is 27.7 Å². The maximum absolute atomic E-state index is 11.4. The summed E-state index contributed by atoms with van der Waals surface area (Å²) in [7, 11) is 0. The second kappa shape index (κ2) is 4.66. The van der Waals surface area contributed by atoms with E-state index in [1.807, 2.05) is 30.3 Å². The molecule has 106 valence electrons. The standard InChI is InChI=1S/C17H11N3O2/c21-17(22)12-9-14(16-19-7-8-20(16)10-12)13-5-1-3-11-4-2-6-18-15(11)13/h1-10H,(H,21,22). The smallest absolute Gasteiger partial charge is 0.337 e. The molecule has 0 saturated heterocycles. The summed E-state index contributed by atoms with van der Waals surface area (Å²) in [6.45, 7) is 0. The number of nitrogens with zero attached hydrogens (tertiary/aromatic N) is 3. The zero-order valence-electron chi connectivity index (χ0n) is 11.5. The number of carbonyl (C=O) groups is 1. The number of para-hydroxylation sites is 1. The van der Waals surface area contributed by atoms with Gasteiger partial charge in [0.2, 0.25) is 0 Å². The van der Waals surface area contributed by atoms with Crippen molar-refractivity contribution in [3.63, 3.8) is 0 Å². The Bertz CT molecular complexity index is 1020. The van der Waals surface area contributed by atoms with E-state index in [1.165, 1.54) is 0 Å². The predicted octanol–water partition coefficient (Wildman–Crippen LogP) is 3.25. The number of hydrogen-bond donors (Lipinski definition) is 1. The van der Waals surface area contributed by atoms with Crippen LogP contribution in [0.15, 0.2) is 61.2 Å². The van der Waals surface area contributed by atoms with Gasteiger partial charge in [-0.25, -0.2) is 9.78 Å². The van der Waals surface area contributed by atoms with Crippen molar-refractivity contribution in [1.29, 1.82) is 0 Å². The largest absolute Gasteiger partial charge is 0.478 e. The summed E-state index contributed by atoms with van der Waals surface area (Å²) in [4.78, 5) is 20.1. The van der Waals surface area contributed by atoms with Gasteiger partial charge in [0.05, 0.1) is 11.1 Å². The summed E-state index contributed by atoms with van der Waals surface area (Å²) in [5.74, 6) is -0.968. The fraction of sp³-hybridized carbons (Fsp3) is 0. The number of benzene rings is 1. The average Bonchev–Trinajstić information content (AvgIpc) is 3.02. The number of pyridine rings is 2. The van der Waals surface area contributed by atoms with Crippen molar-refractivity contribution in [2.75, 3.05) is 0 Å². The lowest BCUT2D eigenvalue weighted by Crippen LogP contribution is -2.00. The van der Waals surface area contributed by atoms with Crippen molar-refractivity contribution in [3.05, 3.63) is 66.7 Å². The van der Waals surface area contributed by atoms with Crippen molar-refractivity contribution >= 4 is 22.5 Å². The van der Waals surface area contributed by atoms with Crippen LogP contribution in [0.1, 0.15) is 10.4 Å². The van der Waals surface area contributed by atoms with E-state index in [2.05, 4.69) is 9.97 Å². The third-order valence-corrected chi connectivity index (χ3v) is 3.66. The van der Waals surface area contributed by atoms with Gasteiger partial charge in [-0.3, -0.25) is 4.98 Å². The molecular formula is C17H11N3O2. The van der Waals surface area contributed by atoms with Crippen LogP contribution in [0.5, 0.6) is 0 Å². The molecule has 3 heterocycles. The lowest BCUT2D eigenvalue weighted by Gasteiger charge is -2.09. The van der Waals surface area contributed by atoms with E-state index < -0.39 is 5.97 Å². The minimum absolute atomic E-state index is 0.216. The molecule has 3 aromatic heterocycles. The Kier molecular flexibility index (Phi) is 2.66. The van der Waals surface area contributed by atoms with E-state index in [1.54, 1.807) is 35.3 Å². The first kappa shape index (κ1) is 12.5. The summed E-state index contributed by atoms with van der Waals surface area (Å²) < 4.78 is 1.72. The van der Waals surface area contributed by atoms with E-state index in [0.29, 0.717) is 5.65 Å². The number of fused-ring (bicyclic) bond motifs is 2. The van der Waals surface area contributed by atoms with E-state index in [9.17, 15) is 9.90 Å². The fourth-order valence-corrected chi connectivity index (χ4v) is 2.67. The summed E-state index contributed by atoms with van der Waals surface area (Å²) in [5.41, 5.74) is 3.39. The topological polar surface area (TPSA) is 67.5 Å². The Balaban J connectivity index is 2.11. The Morgan fingerprint density at radius 1 is 1.05 bits per heavy atom. The van der Waals surface area contributed by atoms with Gasteiger partial charge in [0.15, 0.2) is 0 Å². The first-order chi connectivity index (χ1) is 10.7. The molecule has 0 radical (unpaired) electrons. The van der Waals surface area contributed by atoms with Crippen LogP contribution in [0.4, 0.5) is 0 Å². The number of carboxylic acid groups (broad SMARTS) is 1. The van der Waals surface area contributed by atoms with E-state index >= 15 is 0 Å². The second-order valence-electron chi connectivity index (χ2n) is 4.99. The fourth-order valence-electron chi connectivity index (χ4n) is 2.67. The molecule has 0 unspecified atom stereocenters. The number of carboxylic acids is 1. The Morgan fingerprint density at radius 2 is 1.91 bits per heavy atom. The highest BCUT2D eigenvalue weighted by Crippen LogP contribution is 2.30. The molecular weight excluding hydrogens is 278 g/mol. The highest BCUT2D eigenvalue weighted by atomic mass is 16.4. The molecule has 0 fully saturated rings. The van der Waals surface area contributed by atoms with E-state index in [-0.39, 0.29) is 5.56 Å². The van der Waals surface area contributed by atoms with Crippen molar-refractivity contribution in [2.24, 2.45) is 0 Å². The molecule has 4 aromatic rings. The molecule has 0 spiro atoms. The number of imidazole rings is 1. The van der Waals surface area contributed by atoms with Gasteiger partial charge in [0, 0.05) is 41.3 Å². The Morgan fingerprint density at radius 3 is 2.77 bits per heavy atom. The average molecular weight is 289 g/mol. The van der Waals surface area contributed by atoms with Crippen LogP contribution < -0.4 is 0 Å². The molecule has 4 rings (SSSR count). The minimum Gasteiger partial charge on any atom is -0.478 e. The summed E-state index contributed by atoms with van der Waals surface area (Å²) in [6.07, 6.45) is 6.69. The van der Waals surface area contributed by atoms with Crippen molar-refractivity contribution < 1.29 is 9.90 Å². The van der Waals surface area contributed by atoms with Crippen LogP contribution in [-0.4, -0.2) is 25.4 Å². The monoisotopic (exact) mass is 289 g/mol. The van der Waals surface area contributed by atoms with Gasteiger partial charge >= 0.3 is 5.97 Å². The molecule has 0 aliphatic rings. The van der Waals surface area contributed by atoms with Gasteiger partial charge in [-0.05, 0) is 12.1 Å². The number of aromatic carboxylic acids is 1. The maximum Gasteiger partial charge on any atom is 0.337 e. The predicted molar refractivity (Wildman–Crippen MR) is 82.9 cm³/mol. The quantitative estimate of drug-likeness (QED) is 0.615. The van der Waals surface area contributed by atoms with Gasteiger partial charge in [-0.1, -0.05) is 24.3 Å². The van der Waals surface area contributed by atoms with Crippen LogP contribution in [0.3, 0.4) is 0 Å². The molecule has 5 nitrogen and oxygen atoms in total. The van der Waals surface area contributed by atoms with Gasteiger partial charge in [0.1, 0.15) is 5.65 Å². The van der Waals surface area contributed by atoms with Gasteiger partial charge in [-0.2, -0.15) is 0 Å². The van der Waals surface area contributed by atoms with Crippen molar-refractivity contribution in [1.82, 2.24) is 14.4 Å². The van der Waals surface area contributed by atoms with E-state index in [0.717, 1.165) is 22.0 Å². The lowest BCUT2D eigenvalue weighted by atomic mass is 10.0. The highest BCUT2D eigenvalue weighted by Gasteiger charge is 2.14. The van der Waals surface area contributed by atoms with Crippen LogP contribution >= 0.6 is 0 Å². The number of rotatable bonds is 2. The zero-order chi connectivity index (χ0) is 15.1.